The number of rotatable bonds is 5. The van der Waals surface area contributed by atoms with Crippen molar-refractivity contribution in [1.82, 2.24) is 15.5 Å². The molecule has 0 aromatic carbocycles. The van der Waals surface area contributed by atoms with E-state index < -0.39 is 0 Å². The van der Waals surface area contributed by atoms with E-state index in [4.69, 9.17) is 4.52 Å². The van der Waals surface area contributed by atoms with Crippen LogP contribution in [0.4, 0.5) is 0 Å². The second-order valence-electron chi connectivity index (χ2n) is 4.67. The van der Waals surface area contributed by atoms with Crippen LogP contribution in [0.1, 0.15) is 44.9 Å². The number of hydrogen-bond donors (Lipinski definition) is 1. The van der Waals surface area contributed by atoms with E-state index in [1.807, 2.05) is 0 Å². The monoisotopic (exact) mass is 223 g/mol. The van der Waals surface area contributed by atoms with Gasteiger partial charge in [0.2, 0.25) is 5.89 Å². The highest BCUT2D eigenvalue weighted by Gasteiger charge is 2.19. The van der Waals surface area contributed by atoms with Gasteiger partial charge < -0.3 is 9.84 Å². The first-order chi connectivity index (χ1) is 7.88. The Morgan fingerprint density at radius 3 is 2.81 bits per heavy atom. The minimum absolute atomic E-state index is 0.700. The van der Waals surface area contributed by atoms with Crippen molar-refractivity contribution in [1.29, 1.82) is 0 Å². The summed E-state index contributed by atoms with van der Waals surface area (Å²) < 4.78 is 4.96. The van der Waals surface area contributed by atoms with Gasteiger partial charge in [-0.05, 0) is 31.6 Å². The Morgan fingerprint density at radius 1 is 1.38 bits per heavy atom. The van der Waals surface area contributed by atoms with Gasteiger partial charge in [-0.2, -0.15) is 4.98 Å². The molecular weight excluding hydrogens is 202 g/mol. The Morgan fingerprint density at radius 2 is 2.19 bits per heavy atom. The van der Waals surface area contributed by atoms with Crippen molar-refractivity contribution < 1.29 is 4.52 Å². The van der Waals surface area contributed by atoms with Crippen LogP contribution in [0.15, 0.2) is 10.9 Å². The normalized spacial score (nSPS) is 25.8. The largest absolute Gasteiger partial charge is 0.340 e. The zero-order valence-electron chi connectivity index (χ0n) is 9.98. The minimum Gasteiger partial charge on any atom is -0.340 e. The molecule has 1 aromatic heterocycles. The lowest BCUT2D eigenvalue weighted by atomic mass is 9.84. The van der Waals surface area contributed by atoms with Crippen LogP contribution < -0.4 is 5.32 Å². The van der Waals surface area contributed by atoms with Gasteiger partial charge in [-0.25, -0.2) is 0 Å². The molecule has 0 amide bonds. The third-order valence-corrected chi connectivity index (χ3v) is 3.60. The van der Waals surface area contributed by atoms with Crippen LogP contribution in [-0.2, 0) is 6.42 Å². The molecule has 1 fully saturated rings. The third-order valence-electron chi connectivity index (χ3n) is 3.60. The van der Waals surface area contributed by atoms with Crippen LogP contribution >= 0.6 is 0 Å². The van der Waals surface area contributed by atoms with Gasteiger partial charge in [0, 0.05) is 19.0 Å². The molecule has 0 atom stereocenters. The maximum Gasteiger partial charge on any atom is 0.227 e. The molecule has 90 valence electrons. The van der Waals surface area contributed by atoms with Crippen LogP contribution in [0.5, 0.6) is 0 Å². The summed E-state index contributed by atoms with van der Waals surface area (Å²) in [6, 6.07) is 0.700. The van der Waals surface area contributed by atoms with Gasteiger partial charge in [-0.3, -0.25) is 0 Å². The second kappa shape index (κ2) is 5.99. The summed E-state index contributed by atoms with van der Waals surface area (Å²) in [6.07, 6.45) is 9.05. The molecule has 0 unspecified atom stereocenters. The van der Waals surface area contributed by atoms with Gasteiger partial charge in [0.05, 0.1) is 0 Å². The highest BCUT2D eigenvalue weighted by Crippen LogP contribution is 2.26. The van der Waals surface area contributed by atoms with Crippen molar-refractivity contribution in [3.63, 3.8) is 0 Å². The Bertz CT molecular complexity index is 278. The number of aromatic nitrogens is 2. The molecule has 1 heterocycles. The fourth-order valence-corrected chi connectivity index (χ4v) is 2.46. The summed E-state index contributed by atoms with van der Waals surface area (Å²) in [5, 5.41) is 7.17. The number of hydrogen-bond acceptors (Lipinski definition) is 4. The van der Waals surface area contributed by atoms with Crippen LogP contribution in [0.3, 0.4) is 0 Å². The zero-order chi connectivity index (χ0) is 11.2. The van der Waals surface area contributed by atoms with E-state index in [1.165, 1.54) is 38.4 Å². The summed E-state index contributed by atoms with van der Waals surface area (Å²) in [4.78, 5) is 4.01. The third kappa shape index (κ3) is 3.30. The van der Waals surface area contributed by atoms with Gasteiger partial charge in [-0.1, -0.05) is 18.5 Å². The lowest BCUT2D eigenvalue weighted by molar-refractivity contribution is 0.284. The molecule has 0 saturated heterocycles. The van der Waals surface area contributed by atoms with Gasteiger partial charge in [0.15, 0.2) is 6.33 Å². The quantitative estimate of drug-likeness (QED) is 0.831. The van der Waals surface area contributed by atoms with Crippen LogP contribution in [0.2, 0.25) is 0 Å². The van der Waals surface area contributed by atoms with E-state index in [0.717, 1.165) is 24.8 Å². The van der Waals surface area contributed by atoms with Gasteiger partial charge in [0.1, 0.15) is 0 Å². The van der Waals surface area contributed by atoms with E-state index >= 15 is 0 Å². The van der Waals surface area contributed by atoms with E-state index in [0.29, 0.717) is 6.04 Å². The summed E-state index contributed by atoms with van der Waals surface area (Å²) in [5.74, 6) is 1.70. The van der Waals surface area contributed by atoms with Crippen LogP contribution in [0, 0.1) is 5.92 Å². The molecule has 2 rings (SSSR count). The van der Waals surface area contributed by atoms with Crippen LogP contribution in [-0.4, -0.2) is 22.7 Å². The van der Waals surface area contributed by atoms with E-state index in [-0.39, 0.29) is 0 Å². The van der Waals surface area contributed by atoms with E-state index in [2.05, 4.69) is 22.4 Å². The van der Waals surface area contributed by atoms with Gasteiger partial charge in [0.25, 0.3) is 0 Å². The Labute approximate surface area is 96.8 Å². The average molecular weight is 223 g/mol. The molecule has 0 bridgehead atoms. The smallest absolute Gasteiger partial charge is 0.227 e. The van der Waals surface area contributed by atoms with Crippen molar-refractivity contribution in [2.24, 2.45) is 5.92 Å². The molecule has 4 heteroatoms. The first-order valence-electron chi connectivity index (χ1n) is 6.37. The summed E-state index contributed by atoms with van der Waals surface area (Å²) >= 11 is 0. The SMILES string of the molecule is CCC1CCC(NCCc2ncno2)CC1. The molecule has 1 aliphatic carbocycles. The molecule has 0 aliphatic heterocycles. The first kappa shape index (κ1) is 11.6. The molecule has 4 nitrogen and oxygen atoms in total. The number of nitrogens with zero attached hydrogens (tertiary/aromatic N) is 2. The first-order valence-corrected chi connectivity index (χ1v) is 6.37. The Hall–Kier alpha value is -0.900. The van der Waals surface area contributed by atoms with Crippen molar-refractivity contribution in [2.45, 2.75) is 51.5 Å². The molecule has 0 radical (unpaired) electrons. The predicted molar refractivity (Wildman–Crippen MR) is 62.0 cm³/mol. The summed E-state index contributed by atoms with van der Waals surface area (Å²) in [5.41, 5.74) is 0. The molecule has 1 saturated carbocycles. The minimum atomic E-state index is 0.700. The topological polar surface area (TPSA) is 51.0 Å². The summed E-state index contributed by atoms with van der Waals surface area (Å²) in [7, 11) is 0. The predicted octanol–water partition coefficient (Wildman–Crippen LogP) is 2.17. The average Bonchev–Trinajstić information content (AvgIpc) is 2.83. The lowest BCUT2D eigenvalue weighted by Crippen LogP contribution is -2.34. The molecule has 1 aliphatic rings. The fraction of sp³-hybridized carbons (Fsp3) is 0.833. The number of nitrogens with one attached hydrogen (secondary N) is 1. The second-order valence-corrected chi connectivity index (χ2v) is 4.67. The molecular formula is C12H21N3O. The summed E-state index contributed by atoms with van der Waals surface area (Å²) in [6.45, 7) is 3.25. The highest BCUT2D eigenvalue weighted by molar-refractivity contribution is 4.80. The van der Waals surface area contributed by atoms with Crippen molar-refractivity contribution in [2.75, 3.05) is 6.54 Å². The van der Waals surface area contributed by atoms with Crippen molar-refractivity contribution >= 4 is 0 Å². The standard InChI is InChI=1S/C12H21N3O/c1-2-10-3-5-11(6-4-10)13-8-7-12-14-9-15-16-12/h9-11,13H,2-8H2,1H3. The molecule has 1 N–H and O–H groups in total. The van der Waals surface area contributed by atoms with Gasteiger partial charge >= 0.3 is 0 Å². The van der Waals surface area contributed by atoms with Gasteiger partial charge in [-0.15, -0.1) is 0 Å². The highest BCUT2D eigenvalue weighted by atomic mass is 16.5. The lowest BCUT2D eigenvalue weighted by Gasteiger charge is -2.28. The molecule has 1 aromatic rings. The van der Waals surface area contributed by atoms with E-state index in [1.54, 1.807) is 0 Å². The fourth-order valence-electron chi connectivity index (χ4n) is 2.46. The Balaban J connectivity index is 1.60. The van der Waals surface area contributed by atoms with Crippen LogP contribution in [0.25, 0.3) is 0 Å². The van der Waals surface area contributed by atoms with Crippen molar-refractivity contribution in [3.05, 3.63) is 12.2 Å². The zero-order valence-corrected chi connectivity index (χ0v) is 9.98. The van der Waals surface area contributed by atoms with Crippen molar-refractivity contribution in [3.8, 4) is 0 Å². The maximum atomic E-state index is 4.96. The molecule has 0 spiro atoms. The maximum absolute atomic E-state index is 4.96. The molecule has 16 heavy (non-hydrogen) atoms. The Kier molecular flexibility index (Phi) is 4.34. The van der Waals surface area contributed by atoms with E-state index in [9.17, 15) is 0 Å².